The van der Waals surface area contributed by atoms with Crippen molar-refractivity contribution in [2.45, 2.75) is 6.04 Å². The Hall–Kier alpha value is -2.77. The molecule has 1 atom stereocenters. The summed E-state index contributed by atoms with van der Waals surface area (Å²) >= 11 is 6.18. The Labute approximate surface area is 154 Å². The van der Waals surface area contributed by atoms with Crippen LogP contribution in [0.2, 0.25) is 5.02 Å². The van der Waals surface area contributed by atoms with Crippen LogP contribution in [-0.2, 0) is 9.53 Å². The fourth-order valence-corrected chi connectivity index (χ4v) is 2.95. The van der Waals surface area contributed by atoms with Gasteiger partial charge in [-0.2, -0.15) is 0 Å². The molecule has 0 amide bonds. The highest BCUT2D eigenvalue weighted by Gasteiger charge is 2.32. The third kappa shape index (κ3) is 3.44. The lowest BCUT2D eigenvalue weighted by Gasteiger charge is -2.27. The van der Waals surface area contributed by atoms with Crippen molar-refractivity contribution < 1.29 is 19.0 Å². The molecule has 0 aliphatic carbocycles. The number of carbonyl (C=O) groups is 1. The SMILES string of the molecule is COC(=O)C1=C(CO)NC(c2ccncc2)=NC1c1ccc(F)cc1Cl. The molecule has 2 N–H and O–H groups in total. The number of pyridine rings is 1. The minimum absolute atomic E-state index is 0.112. The molecule has 0 radical (unpaired) electrons. The second-order valence-electron chi connectivity index (χ2n) is 5.45. The molecule has 0 bridgehead atoms. The van der Waals surface area contributed by atoms with Crippen LogP contribution in [0.3, 0.4) is 0 Å². The lowest BCUT2D eigenvalue weighted by Crippen LogP contribution is -2.35. The van der Waals surface area contributed by atoms with Crippen molar-refractivity contribution in [3.63, 3.8) is 0 Å². The van der Waals surface area contributed by atoms with Crippen LogP contribution >= 0.6 is 11.6 Å². The summed E-state index contributed by atoms with van der Waals surface area (Å²) in [6.07, 6.45) is 3.19. The van der Waals surface area contributed by atoms with E-state index >= 15 is 0 Å². The van der Waals surface area contributed by atoms with Gasteiger partial charge in [0.2, 0.25) is 0 Å². The number of halogens is 2. The maximum absolute atomic E-state index is 13.4. The van der Waals surface area contributed by atoms with E-state index in [2.05, 4.69) is 15.3 Å². The first-order valence-corrected chi connectivity index (χ1v) is 8.05. The molecule has 2 aromatic rings. The van der Waals surface area contributed by atoms with E-state index < -0.39 is 24.4 Å². The number of nitrogens with zero attached hydrogens (tertiary/aromatic N) is 2. The topological polar surface area (TPSA) is 83.8 Å². The van der Waals surface area contributed by atoms with E-state index in [0.717, 1.165) is 6.07 Å². The van der Waals surface area contributed by atoms with Crippen LogP contribution in [0, 0.1) is 5.82 Å². The molecule has 3 rings (SSSR count). The Kier molecular flexibility index (Phi) is 5.29. The number of hydrogen-bond acceptors (Lipinski definition) is 6. The van der Waals surface area contributed by atoms with Crippen LogP contribution in [0.4, 0.5) is 4.39 Å². The Bertz CT molecular complexity index is 900. The average molecular weight is 376 g/mol. The van der Waals surface area contributed by atoms with Gasteiger partial charge < -0.3 is 15.2 Å². The maximum Gasteiger partial charge on any atom is 0.338 e. The minimum Gasteiger partial charge on any atom is -0.466 e. The number of nitrogens with one attached hydrogen (secondary N) is 1. The van der Waals surface area contributed by atoms with Crippen molar-refractivity contribution in [1.29, 1.82) is 0 Å². The number of aromatic nitrogens is 1. The quantitative estimate of drug-likeness (QED) is 0.802. The molecule has 6 nitrogen and oxygen atoms in total. The van der Waals surface area contributed by atoms with E-state index in [1.165, 1.54) is 19.2 Å². The normalized spacial score (nSPS) is 16.8. The van der Waals surface area contributed by atoms with Gasteiger partial charge in [-0.25, -0.2) is 9.18 Å². The molecule has 0 saturated carbocycles. The number of rotatable bonds is 4. The van der Waals surface area contributed by atoms with Crippen molar-refractivity contribution in [3.05, 3.63) is 76.0 Å². The number of hydrogen-bond donors (Lipinski definition) is 2. The van der Waals surface area contributed by atoms with Crippen LogP contribution in [0.5, 0.6) is 0 Å². The van der Waals surface area contributed by atoms with Crippen molar-refractivity contribution in [1.82, 2.24) is 10.3 Å². The second kappa shape index (κ2) is 7.63. The van der Waals surface area contributed by atoms with Crippen molar-refractivity contribution >= 4 is 23.4 Å². The summed E-state index contributed by atoms with van der Waals surface area (Å²) < 4.78 is 18.3. The number of carbonyl (C=O) groups excluding carboxylic acids is 1. The standard InChI is InChI=1S/C18H15ClFN3O3/c1-26-18(25)15-14(9-24)22-17(10-4-6-21-7-5-10)23-16(15)12-3-2-11(20)8-13(12)19/h2-8,16,24H,9H2,1H3,(H,22,23). The Morgan fingerprint density at radius 2 is 2.08 bits per heavy atom. The largest absolute Gasteiger partial charge is 0.466 e. The number of amidine groups is 1. The van der Waals surface area contributed by atoms with Crippen LogP contribution in [0.1, 0.15) is 17.2 Å². The van der Waals surface area contributed by atoms with Gasteiger partial charge in [0.25, 0.3) is 0 Å². The van der Waals surface area contributed by atoms with Crippen LogP contribution in [0.25, 0.3) is 0 Å². The maximum atomic E-state index is 13.4. The van der Waals surface area contributed by atoms with Gasteiger partial charge in [0.1, 0.15) is 17.7 Å². The fraction of sp³-hybridized carbons (Fsp3) is 0.167. The Morgan fingerprint density at radius 3 is 2.69 bits per heavy atom. The zero-order valence-corrected chi connectivity index (χ0v) is 14.5. The first kappa shape index (κ1) is 18.0. The molecule has 0 fully saturated rings. The molecule has 8 heteroatoms. The zero-order valence-electron chi connectivity index (χ0n) is 13.7. The Morgan fingerprint density at radius 1 is 1.35 bits per heavy atom. The molecule has 1 unspecified atom stereocenters. The predicted molar refractivity (Wildman–Crippen MR) is 94.2 cm³/mol. The third-order valence-electron chi connectivity index (χ3n) is 3.90. The molecular formula is C18H15ClFN3O3. The molecule has 0 saturated heterocycles. The molecule has 1 aromatic carbocycles. The number of aliphatic imine (C=N–C) groups is 1. The summed E-state index contributed by atoms with van der Waals surface area (Å²) in [7, 11) is 1.23. The van der Waals surface area contributed by atoms with Gasteiger partial charge in [-0.15, -0.1) is 0 Å². The highest BCUT2D eigenvalue weighted by molar-refractivity contribution is 6.31. The van der Waals surface area contributed by atoms with Gasteiger partial charge in [0, 0.05) is 28.5 Å². The summed E-state index contributed by atoms with van der Waals surface area (Å²) in [6.45, 7) is -0.441. The summed E-state index contributed by atoms with van der Waals surface area (Å²) in [5.74, 6) is -0.740. The summed E-state index contributed by atoms with van der Waals surface area (Å²) in [5, 5.41) is 12.8. The van der Waals surface area contributed by atoms with E-state index in [1.807, 2.05) is 0 Å². The van der Waals surface area contributed by atoms with Gasteiger partial charge in [0.15, 0.2) is 0 Å². The van der Waals surface area contributed by atoms with E-state index in [4.69, 9.17) is 16.3 Å². The number of ether oxygens (including phenoxy) is 1. The van der Waals surface area contributed by atoms with Crippen molar-refractivity contribution in [3.8, 4) is 0 Å². The molecule has 134 valence electrons. The van der Waals surface area contributed by atoms with Gasteiger partial charge in [0.05, 0.1) is 25.0 Å². The minimum atomic E-state index is -0.859. The molecule has 1 aromatic heterocycles. The molecule has 26 heavy (non-hydrogen) atoms. The van der Waals surface area contributed by atoms with Gasteiger partial charge >= 0.3 is 5.97 Å². The summed E-state index contributed by atoms with van der Waals surface area (Å²) in [6, 6.07) is 6.44. The average Bonchev–Trinajstić information content (AvgIpc) is 2.67. The highest BCUT2D eigenvalue weighted by Crippen LogP contribution is 2.36. The number of esters is 1. The lowest BCUT2D eigenvalue weighted by molar-refractivity contribution is -0.136. The fourth-order valence-electron chi connectivity index (χ4n) is 2.68. The van der Waals surface area contributed by atoms with Crippen LogP contribution in [0.15, 0.2) is 59.0 Å². The zero-order chi connectivity index (χ0) is 18.7. The molecule has 2 heterocycles. The van der Waals surface area contributed by atoms with Crippen LogP contribution < -0.4 is 5.32 Å². The number of aliphatic hydroxyl groups is 1. The number of aliphatic hydroxyl groups excluding tert-OH is 1. The molecule has 1 aliphatic rings. The molecule has 0 spiro atoms. The van der Waals surface area contributed by atoms with Gasteiger partial charge in [-0.1, -0.05) is 17.7 Å². The van der Waals surface area contributed by atoms with Crippen LogP contribution in [-0.4, -0.2) is 35.6 Å². The Balaban J connectivity index is 2.18. The smallest absolute Gasteiger partial charge is 0.338 e. The monoisotopic (exact) mass is 375 g/mol. The number of benzene rings is 1. The molecular weight excluding hydrogens is 361 g/mol. The summed E-state index contributed by atoms with van der Waals surface area (Å²) in [5.41, 5.74) is 1.48. The molecule has 1 aliphatic heterocycles. The number of methoxy groups -OCH3 is 1. The van der Waals surface area contributed by atoms with E-state index in [-0.39, 0.29) is 16.3 Å². The van der Waals surface area contributed by atoms with E-state index in [1.54, 1.807) is 24.5 Å². The van der Waals surface area contributed by atoms with E-state index in [9.17, 15) is 14.3 Å². The second-order valence-corrected chi connectivity index (χ2v) is 5.86. The van der Waals surface area contributed by atoms with E-state index in [0.29, 0.717) is 17.0 Å². The third-order valence-corrected chi connectivity index (χ3v) is 4.23. The van der Waals surface area contributed by atoms with Gasteiger partial charge in [-0.3, -0.25) is 9.98 Å². The summed E-state index contributed by atoms with van der Waals surface area (Å²) in [4.78, 5) is 20.8. The van der Waals surface area contributed by atoms with Crippen molar-refractivity contribution in [2.75, 3.05) is 13.7 Å². The highest BCUT2D eigenvalue weighted by atomic mass is 35.5. The van der Waals surface area contributed by atoms with Gasteiger partial charge in [-0.05, 0) is 24.3 Å². The predicted octanol–water partition coefficient (Wildman–Crippen LogP) is 2.38. The first-order valence-electron chi connectivity index (χ1n) is 7.67. The van der Waals surface area contributed by atoms with Crippen molar-refractivity contribution in [2.24, 2.45) is 4.99 Å². The lowest BCUT2D eigenvalue weighted by atomic mass is 9.95. The first-order chi connectivity index (χ1) is 12.5.